The van der Waals surface area contributed by atoms with Gasteiger partial charge in [-0.3, -0.25) is 0 Å². The molecule has 2 rings (SSSR count). The van der Waals surface area contributed by atoms with Crippen LogP contribution in [0.3, 0.4) is 0 Å². The lowest BCUT2D eigenvalue weighted by molar-refractivity contribution is -0.107. The third kappa shape index (κ3) is 4.62. The Labute approximate surface area is 130 Å². The molecule has 0 atom stereocenters. The number of rotatable bonds is 5. The lowest BCUT2D eigenvalue weighted by Crippen LogP contribution is -2.41. The van der Waals surface area contributed by atoms with E-state index in [0.717, 1.165) is 30.4 Å². The number of ether oxygens (including phenoxy) is 2. The molecule has 0 N–H and O–H groups in total. The number of hydrogen-bond donors (Lipinski definition) is 0. The number of hydrogen-bond acceptors (Lipinski definition) is 4. The van der Waals surface area contributed by atoms with Crippen molar-refractivity contribution in [1.29, 1.82) is 0 Å². The van der Waals surface area contributed by atoms with Gasteiger partial charge in [0.15, 0.2) is 0 Å². The van der Waals surface area contributed by atoms with E-state index < -0.39 is 0 Å². The molecule has 1 fully saturated rings. The molecule has 118 valence electrons. The van der Waals surface area contributed by atoms with Gasteiger partial charge in [-0.05, 0) is 24.6 Å². The monoisotopic (exact) mass is 303 g/mol. The fourth-order valence-corrected chi connectivity index (χ4v) is 2.36. The molecule has 1 aliphatic rings. The van der Waals surface area contributed by atoms with Crippen LogP contribution in [0.15, 0.2) is 36.6 Å². The SMILES string of the molecule is C=C(C)OC(=O)N1CCC(Oc2ccc(CC=O)cc2)CC1. The van der Waals surface area contributed by atoms with Crippen LogP contribution in [0, 0.1) is 0 Å². The van der Waals surface area contributed by atoms with Crippen molar-refractivity contribution in [3.05, 3.63) is 42.2 Å². The molecule has 0 unspecified atom stereocenters. The van der Waals surface area contributed by atoms with E-state index >= 15 is 0 Å². The van der Waals surface area contributed by atoms with Gasteiger partial charge in [0.2, 0.25) is 0 Å². The lowest BCUT2D eigenvalue weighted by Gasteiger charge is -2.31. The number of allylic oxidation sites excluding steroid dienone is 1. The summed E-state index contributed by atoms with van der Waals surface area (Å²) in [5, 5.41) is 0. The zero-order valence-corrected chi connectivity index (χ0v) is 12.8. The zero-order valence-electron chi connectivity index (χ0n) is 12.8. The summed E-state index contributed by atoms with van der Waals surface area (Å²) in [7, 11) is 0. The Morgan fingerprint density at radius 1 is 1.32 bits per heavy atom. The zero-order chi connectivity index (χ0) is 15.9. The summed E-state index contributed by atoms with van der Waals surface area (Å²) < 4.78 is 10.9. The Hall–Kier alpha value is -2.30. The number of benzene rings is 1. The Morgan fingerprint density at radius 3 is 2.50 bits per heavy atom. The van der Waals surface area contributed by atoms with Gasteiger partial charge < -0.3 is 19.2 Å². The largest absolute Gasteiger partial charge is 0.490 e. The average Bonchev–Trinajstić information content (AvgIpc) is 2.49. The third-order valence-corrected chi connectivity index (χ3v) is 3.51. The molecule has 1 aromatic carbocycles. The van der Waals surface area contributed by atoms with Crippen molar-refractivity contribution in [2.75, 3.05) is 13.1 Å². The molecule has 1 saturated heterocycles. The Kier molecular flexibility index (Phi) is 5.58. The molecular weight excluding hydrogens is 282 g/mol. The molecule has 0 radical (unpaired) electrons. The highest BCUT2D eigenvalue weighted by Gasteiger charge is 2.25. The molecule has 1 amide bonds. The van der Waals surface area contributed by atoms with Gasteiger partial charge in [0, 0.05) is 32.4 Å². The van der Waals surface area contributed by atoms with Crippen molar-refractivity contribution in [2.24, 2.45) is 0 Å². The molecule has 22 heavy (non-hydrogen) atoms. The van der Waals surface area contributed by atoms with Crippen LogP contribution in [0.2, 0.25) is 0 Å². The molecule has 5 nitrogen and oxygen atoms in total. The van der Waals surface area contributed by atoms with E-state index in [1.54, 1.807) is 11.8 Å². The maximum Gasteiger partial charge on any atom is 0.414 e. The summed E-state index contributed by atoms with van der Waals surface area (Å²) in [6.45, 7) is 6.44. The second-order valence-corrected chi connectivity index (χ2v) is 5.39. The lowest BCUT2D eigenvalue weighted by atomic mass is 10.1. The number of carbonyl (C=O) groups excluding carboxylic acids is 2. The predicted molar refractivity (Wildman–Crippen MR) is 82.7 cm³/mol. The summed E-state index contributed by atoms with van der Waals surface area (Å²) in [5.41, 5.74) is 0.972. The Bertz CT molecular complexity index is 530. The van der Waals surface area contributed by atoms with E-state index in [1.165, 1.54) is 0 Å². The predicted octanol–water partition coefficient (Wildman–Crippen LogP) is 2.94. The molecule has 0 spiro atoms. The Morgan fingerprint density at radius 2 is 1.95 bits per heavy atom. The van der Waals surface area contributed by atoms with Crippen LogP contribution in [0.5, 0.6) is 5.75 Å². The number of aldehydes is 1. The molecule has 0 bridgehead atoms. The quantitative estimate of drug-likeness (QED) is 0.620. The van der Waals surface area contributed by atoms with Crippen LogP contribution in [0.4, 0.5) is 4.79 Å². The van der Waals surface area contributed by atoms with Gasteiger partial charge in [-0.1, -0.05) is 18.7 Å². The third-order valence-electron chi connectivity index (χ3n) is 3.51. The fourth-order valence-electron chi connectivity index (χ4n) is 2.36. The topological polar surface area (TPSA) is 55.8 Å². The van der Waals surface area contributed by atoms with Crippen LogP contribution >= 0.6 is 0 Å². The minimum absolute atomic E-state index is 0.0887. The molecule has 1 aromatic rings. The minimum Gasteiger partial charge on any atom is -0.490 e. The summed E-state index contributed by atoms with van der Waals surface area (Å²) in [6.07, 6.45) is 2.58. The second-order valence-electron chi connectivity index (χ2n) is 5.39. The van der Waals surface area contributed by atoms with Gasteiger partial charge in [-0.2, -0.15) is 0 Å². The first-order valence-corrected chi connectivity index (χ1v) is 7.40. The minimum atomic E-state index is -0.343. The van der Waals surface area contributed by atoms with Crippen molar-refractivity contribution in [1.82, 2.24) is 4.90 Å². The van der Waals surface area contributed by atoms with Crippen LogP contribution in [0.25, 0.3) is 0 Å². The number of carbonyl (C=O) groups is 2. The number of amides is 1. The Balaban J connectivity index is 1.80. The molecule has 1 heterocycles. The maximum absolute atomic E-state index is 11.7. The molecule has 0 aliphatic carbocycles. The molecular formula is C17H21NO4. The van der Waals surface area contributed by atoms with Gasteiger partial charge in [0.25, 0.3) is 0 Å². The van der Waals surface area contributed by atoms with E-state index in [9.17, 15) is 9.59 Å². The highest BCUT2D eigenvalue weighted by Crippen LogP contribution is 2.20. The average molecular weight is 303 g/mol. The standard InChI is InChI=1S/C17H21NO4/c1-13(2)21-17(20)18-10-7-16(8-11-18)22-15-5-3-14(4-6-15)9-12-19/h3-6,12,16H,1,7-11H2,2H3. The van der Waals surface area contributed by atoms with Gasteiger partial charge >= 0.3 is 6.09 Å². The van der Waals surface area contributed by atoms with Crippen LogP contribution in [0.1, 0.15) is 25.3 Å². The van der Waals surface area contributed by atoms with Crippen molar-refractivity contribution in [3.63, 3.8) is 0 Å². The van der Waals surface area contributed by atoms with Gasteiger partial charge in [-0.25, -0.2) is 4.79 Å². The van der Waals surface area contributed by atoms with E-state index in [1.807, 2.05) is 24.3 Å². The molecule has 0 saturated carbocycles. The number of nitrogens with zero attached hydrogens (tertiary/aromatic N) is 1. The highest BCUT2D eigenvalue weighted by molar-refractivity contribution is 5.68. The second kappa shape index (κ2) is 7.64. The molecule has 5 heteroatoms. The van der Waals surface area contributed by atoms with Crippen LogP contribution in [-0.4, -0.2) is 36.5 Å². The normalized spacial score (nSPS) is 15.2. The first-order chi connectivity index (χ1) is 10.6. The van der Waals surface area contributed by atoms with E-state index in [2.05, 4.69) is 6.58 Å². The van der Waals surface area contributed by atoms with E-state index in [0.29, 0.717) is 25.3 Å². The first kappa shape index (κ1) is 16.1. The highest BCUT2D eigenvalue weighted by atomic mass is 16.6. The van der Waals surface area contributed by atoms with Crippen LogP contribution in [-0.2, 0) is 16.0 Å². The van der Waals surface area contributed by atoms with E-state index in [4.69, 9.17) is 9.47 Å². The smallest absolute Gasteiger partial charge is 0.414 e. The summed E-state index contributed by atoms with van der Waals surface area (Å²) >= 11 is 0. The van der Waals surface area contributed by atoms with Crippen molar-refractivity contribution in [2.45, 2.75) is 32.3 Å². The molecule has 1 aliphatic heterocycles. The van der Waals surface area contributed by atoms with Gasteiger partial charge in [0.1, 0.15) is 18.1 Å². The van der Waals surface area contributed by atoms with Gasteiger partial charge in [0.05, 0.1) is 5.76 Å². The fraction of sp³-hybridized carbons (Fsp3) is 0.412. The van der Waals surface area contributed by atoms with Gasteiger partial charge in [-0.15, -0.1) is 0 Å². The van der Waals surface area contributed by atoms with Crippen molar-refractivity contribution >= 4 is 12.4 Å². The number of piperidine rings is 1. The number of likely N-dealkylation sites (tertiary alicyclic amines) is 1. The van der Waals surface area contributed by atoms with Crippen molar-refractivity contribution < 1.29 is 19.1 Å². The van der Waals surface area contributed by atoms with Crippen LogP contribution < -0.4 is 4.74 Å². The summed E-state index contributed by atoms with van der Waals surface area (Å²) in [6, 6.07) is 7.53. The molecule has 0 aromatic heterocycles. The summed E-state index contributed by atoms with van der Waals surface area (Å²) in [4.78, 5) is 23.9. The first-order valence-electron chi connectivity index (χ1n) is 7.40. The maximum atomic E-state index is 11.7. The van der Waals surface area contributed by atoms with E-state index in [-0.39, 0.29) is 12.2 Å². The summed E-state index contributed by atoms with van der Waals surface area (Å²) in [5.74, 6) is 1.19. The van der Waals surface area contributed by atoms with Crippen molar-refractivity contribution in [3.8, 4) is 5.75 Å².